The van der Waals surface area contributed by atoms with Crippen LogP contribution in [0.1, 0.15) is 38.7 Å². The number of carbonyl (C=O) groups excluding carboxylic acids is 1. The van der Waals surface area contributed by atoms with Crippen molar-refractivity contribution in [3.63, 3.8) is 0 Å². The van der Waals surface area contributed by atoms with Gasteiger partial charge >= 0.3 is 0 Å². The summed E-state index contributed by atoms with van der Waals surface area (Å²) in [5, 5.41) is 9.26. The number of aromatic hydroxyl groups is 1. The van der Waals surface area contributed by atoms with E-state index in [1.54, 1.807) is 12.1 Å². The van der Waals surface area contributed by atoms with E-state index < -0.39 is 0 Å². The van der Waals surface area contributed by atoms with Crippen molar-refractivity contribution in [1.82, 2.24) is 0 Å². The normalized spacial score (nSPS) is 24.5. The zero-order chi connectivity index (χ0) is 13.1. The van der Waals surface area contributed by atoms with E-state index >= 15 is 0 Å². The Kier molecular flexibility index (Phi) is 4.05. The fraction of sp³-hybridized carbons (Fsp3) is 0.562. The number of Topliss-reactive ketones (excluding diaryl/α,β-unsaturated/α-hetero) is 1. The van der Waals surface area contributed by atoms with Crippen LogP contribution < -0.4 is 0 Å². The van der Waals surface area contributed by atoms with Gasteiger partial charge in [0.1, 0.15) is 11.5 Å². The number of carbonyl (C=O) groups is 1. The SMILES string of the molecule is CC(C)C1CCC(=O)C(Cc2ccc(O)cc2)C1. The van der Waals surface area contributed by atoms with Gasteiger partial charge in [0.15, 0.2) is 0 Å². The van der Waals surface area contributed by atoms with Crippen molar-refractivity contribution in [3.05, 3.63) is 29.8 Å². The van der Waals surface area contributed by atoms with E-state index in [2.05, 4.69) is 13.8 Å². The van der Waals surface area contributed by atoms with Crippen LogP contribution in [0.3, 0.4) is 0 Å². The second kappa shape index (κ2) is 5.55. The van der Waals surface area contributed by atoms with Crippen molar-refractivity contribution in [1.29, 1.82) is 0 Å². The van der Waals surface area contributed by atoms with Gasteiger partial charge in [0, 0.05) is 12.3 Å². The Morgan fingerprint density at radius 2 is 1.94 bits per heavy atom. The highest BCUT2D eigenvalue weighted by Crippen LogP contribution is 2.33. The van der Waals surface area contributed by atoms with Gasteiger partial charge in [-0.25, -0.2) is 0 Å². The van der Waals surface area contributed by atoms with E-state index in [9.17, 15) is 9.90 Å². The first kappa shape index (κ1) is 13.1. The third-order valence-electron chi connectivity index (χ3n) is 4.17. The Bertz CT molecular complexity index is 406. The third kappa shape index (κ3) is 3.12. The van der Waals surface area contributed by atoms with E-state index in [1.165, 1.54) is 0 Å². The zero-order valence-electron chi connectivity index (χ0n) is 11.2. The largest absolute Gasteiger partial charge is 0.508 e. The second-order valence-corrected chi connectivity index (χ2v) is 5.81. The van der Waals surface area contributed by atoms with Gasteiger partial charge < -0.3 is 5.11 Å². The topological polar surface area (TPSA) is 37.3 Å². The Balaban J connectivity index is 2.02. The van der Waals surface area contributed by atoms with E-state index in [-0.39, 0.29) is 11.7 Å². The van der Waals surface area contributed by atoms with E-state index in [4.69, 9.17) is 0 Å². The number of rotatable bonds is 3. The van der Waals surface area contributed by atoms with Crippen molar-refractivity contribution in [2.75, 3.05) is 0 Å². The summed E-state index contributed by atoms with van der Waals surface area (Å²) >= 11 is 0. The summed E-state index contributed by atoms with van der Waals surface area (Å²) in [7, 11) is 0. The highest BCUT2D eigenvalue weighted by molar-refractivity contribution is 5.82. The van der Waals surface area contributed by atoms with Crippen molar-refractivity contribution >= 4 is 5.78 Å². The van der Waals surface area contributed by atoms with Crippen LogP contribution in [0.5, 0.6) is 5.75 Å². The minimum atomic E-state index is 0.177. The minimum Gasteiger partial charge on any atom is -0.508 e. The first-order valence-electron chi connectivity index (χ1n) is 6.87. The fourth-order valence-corrected chi connectivity index (χ4v) is 2.87. The van der Waals surface area contributed by atoms with Gasteiger partial charge in [0.05, 0.1) is 0 Å². The summed E-state index contributed by atoms with van der Waals surface area (Å²) < 4.78 is 0. The predicted octanol–water partition coefficient (Wildman–Crippen LogP) is 3.58. The van der Waals surface area contributed by atoms with Crippen LogP contribution in [-0.4, -0.2) is 10.9 Å². The van der Waals surface area contributed by atoms with Crippen LogP contribution >= 0.6 is 0 Å². The highest BCUT2D eigenvalue weighted by atomic mass is 16.3. The number of ketones is 1. The van der Waals surface area contributed by atoms with Crippen LogP contribution in [-0.2, 0) is 11.2 Å². The van der Waals surface area contributed by atoms with Crippen LogP contribution in [0.4, 0.5) is 0 Å². The molecule has 0 spiro atoms. The molecule has 0 radical (unpaired) electrons. The van der Waals surface area contributed by atoms with E-state index in [0.29, 0.717) is 17.6 Å². The molecule has 1 aromatic carbocycles. The smallest absolute Gasteiger partial charge is 0.136 e. The average Bonchev–Trinajstić information content (AvgIpc) is 2.34. The van der Waals surface area contributed by atoms with Crippen molar-refractivity contribution in [2.24, 2.45) is 17.8 Å². The second-order valence-electron chi connectivity index (χ2n) is 5.81. The molecule has 1 aromatic rings. The molecule has 0 aromatic heterocycles. The van der Waals surface area contributed by atoms with E-state index in [0.717, 1.165) is 31.2 Å². The van der Waals surface area contributed by atoms with Gasteiger partial charge in [-0.1, -0.05) is 26.0 Å². The Morgan fingerprint density at radius 3 is 2.56 bits per heavy atom. The number of hydrogen-bond donors (Lipinski definition) is 1. The van der Waals surface area contributed by atoms with Crippen molar-refractivity contribution < 1.29 is 9.90 Å². The molecule has 2 unspecified atom stereocenters. The summed E-state index contributed by atoms with van der Waals surface area (Å²) in [6.07, 6.45) is 3.65. The van der Waals surface area contributed by atoms with Gasteiger partial charge in [0.25, 0.3) is 0 Å². The Hall–Kier alpha value is -1.31. The maximum Gasteiger partial charge on any atom is 0.136 e. The van der Waals surface area contributed by atoms with Gasteiger partial charge in [-0.2, -0.15) is 0 Å². The molecule has 0 amide bonds. The first-order chi connectivity index (χ1) is 8.56. The maximum atomic E-state index is 12.0. The molecule has 18 heavy (non-hydrogen) atoms. The zero-order valence-corrected chi connectivity index (χ0v) is 11.2. The third-order valence-corrected chi connectivity index (χ3v) is 4.17. The molecule has 0 saturated heterocycles. The van der Waals surface area contributed by atoms with Crippen LogP contribution in [0, 0.1) is 17.8 Å². The molecule has 1 aliphatic rings. The molecule has 0 heterocycles. The molecule has 2 rings (SSSR count). The molecule has 0 aliphatic heterocycles. The summed E-state index contributed by atoms with van der Waals surface area (Å²) in [5.74, 6) is 2.23. The van der Waals surface area contributed by atoms with Crippen molar-refractivity contribution in [3.8, 4) is 5.75 Å². The fourth-order valence-electron chi connectivity index (χ4n) is 2.87. The lowest BCUT2D eigenvalue weighted by molar-refractivity contribution is -0.125. The lowest BCUT2D eigenvalue weighted by atomic mass is 9.73. The van der Waals surface area contributed by atoms with E-state index in [1.807, 2.05) is 12.1 Å². The molecular formula is C16H22O2. The number of phenols is 1. The van der Waals surface area contributed by atoms with Gasteiger partial charge in [-0.3, -0.25) is 4.79 Å². The maximum absolute atomic E-state index is 12.0. The molecule has 1 fully saturated rings. The van der Waals surface area contributed by atoms with Crippen LogP contribution in [0.2, 0.25) is 0 Å². The number of phenolic OH excluding ortho intramolecular Hbond substituents is 1. The molecule has 2 heteroatoms. The molecule has 2 nitrogen and oxygen atoms in total. The summed E-state index contributed by atoms with van der Waals surface area (Å²) in [4.78, 5) is 12.0. The first-order valence-corrected chi connectivity index (χ1v) is 6.87. The van der Waals surface area contributed by atoms with Gasteiger partial charge in [-0.15, -0.1) is 0 Å². The number of hydrogen-bond acceptors (Lipinski definition) is 2. The van der Waals surface area contributed by atoms with Crippen LogP contribution in [0.15, 0.2) is 24.3 Å². The minimum absolute atomic E-state index is 0.177. The van der Waals surface area contributed by atoms with Gasteiger partial charge in [-0.05, 0) is 48.8 Å². The summed E-state index contributed by atoms with van der Waals surface area (Å²) in [6, 6.07) is 7.23. The molecule has 1 saturated carbocycles. The van der Waals surface area contributed by atoms with Gasteiger partial charge in [0.2, 0.25) is 0 Å². The standard InChI is InChI=1S/C16H22O2/c1-11(2)13-5-8-16(18)14(10-13)9-12-3-6-15(17)7-4-12/h3-4,6-7,11,13-14,17H,5,8-10H2,1-2H3. The quantitative estimate of drug-likeness (QED) is 0.885. The molecule has 0 bridgehead atoms. The Labute approximate surface area is 109 Å². The predicted molar refractivity (Wildman–Crippen MR) is 72.5 cm³/mol. The molecular weight excluding hydrogens is 224 g/mol. The monoisotopic (exact) mass is 246 g/mol. The van der Waals surface area contributed by atoms with Crippen LogP contribution in [0.25, 0.3) is 0 Å². The lowest BCUT2D eigenvalue weighted by Crippen LogP contribution is -2.28. The molecule has 98 valence electrons. The highest BCUT2D eigenvalue weighted by Gasteiger charge is 2.30. The summed E-state index contributed by atoms with van der Waals surface area (Å²) in [6.45, 7) is 4.50. The molecule has 1 aliphatic carbocycles. The summed E-state index contributed by atoms with van der Waals surface area (Å²) in [5.41, 5.74) is 1.15. The lowest BCUT2D eigenvalue weighted by Gasteiger charge is -2.30. The molecule has 2 atom stereocenters. The Morgan fingerprint density at radius 1 is 1.28 bits per heavy atom. The van der Waals surface area contributed by atoms with Crippen molar-refractivity contribution in [2.45, 2.75) is 39.5 Å². The average molecular weight is 246 g/mol. The molecule has 1 N–H and O–H groups in total. The number of benzene rings is 1.